The Bertz CT molecular complexity index is 847. The summed E-state index contributed by atoms with van der Waals surface area (Å²) in [5.41, 5.74) is 0.974. The highest BCUT2D eigenvalue weighted by atomic mass is 127. The van der Waals surface area contributed by atoms with Gasteiger partial charge in [0.2, 0.25) is 6.79 Å². The number of guanidine groups is 1. The van der Waals surface area contributed by atoms with E-state index in [9.17, 15) is 0 Å². The average Bonchev–Trinajstić information content (AvgIpc) is 3.22. The second kappa shape index (κ2) is 12.2. The van der Waals surface area contributed by atoms with Crippen LogP contribution < -0.4 is 34.3 Å². The van der Waals surface area contributed by atoms with Crippen LogP contribution in [0.5, 0.6) is 28.7 Å². The van der Waals surface area contributed by atoms with Crippen LogP contribution in [0.1, 0.15) is 12.5 Å². The minimum absolute atomic E-state index is 0. The first kappa shape index (κ1) is 23.7. The molecule has 3 rings (SSSR count). The SMILES string of the molecule is CCNC(=NCc1ccc(OC)cc1OC)NCCOc1ccc2c(c1)OCO2.I. The zero-order valence-electron chi connectivity index (χ0n) is 17.4. The van der Waals surface area contributed by atoms with Crippen LogP contribution in [0.3, 0.4) is 0 Å². The summed E-state index contributed by atoms with van der Waals surface area (Å²) in [5.74, 6) is 4.39. The minimum atomic E-state index is 0. The van der Waals surface area contributed by atoms with E-state index >= 15 is 0 Å². The molecule has 0 amide bonds. The minimum Gasteiger partial charge on any atom is -0.497 e. The number of halogens is 1. The van der Waals surface area contributed by atoms with Gasteiger partial charge in [-0.25, -0.2) is 4.99 Å². The lowest BCUT2D eigenvalue weighted by molar-refractivity contribution is 0.173. The molecule has 0 saturated heterocycles. The fourth-order valence-electron chi connectivity index (χ4n) is 2.79. The van der Waals surface area contributed by atoms with E-state index in [4.69, 9.17) is 23.7 Å². The zero-order valence-corrected chi connectivity index (χ0v) is 19.7. The highest BCUT2D eigenvalue weighted by molar-refractivity contribution is 14.0. The third-order valence-corrected chi connectivity index (χ3v) is 4.25. The van der Waals surface area contributed by atoms with Gasteiger partial charge in [0.15, 0.2) is 17.5 Å². The number of methoxy groups -OCH3 is 2. The van der Waals surface area contributed by atoms with Crippen LogP contribution in [-0.2, 0) is 6.54 Å². The van der Waals surface area contributed by atoms with Gasteiger partial charge in [-0.15, -0.1) is 24.0 Å². The third kappa shape index (κ3) is 6.48. The van der Waals surface area contributed by atoms with Crippen LogP contribution in [0.25, 0.3) is 0 Å². The number of hydrogen-bond acceptors (Lipinski definition) is 6. The maximum atomic E-state index is 5.77. The summed E-state index contributed by atoms with van der Waals surface area (Å²) in [4.78, 5) is 4.62. The van der Waals surface area contributed by atoms with Gasteiger partial charge in [0.1, 0.15) is 23.9 Å². The number of ether oxygens (including phenoxy) is 5. The van der Waals surface area contributed by atoms with Gasteiger partial charge in [0.25, 0.3) is 0 Å². The molecule has 0 saturated carbocycles. The van der Waals surface area contributed by atoms with Gasteiger partial charge in [0.05, 0.1) is 27.3 Å². The van der Waals surface area contributed by atoms with Crippen LogP contribution in [0, 0.1) is 0 Å². The van der Waals surface area contributed by atoms with Crippen molar-refractivity contribution in [2.24, 2.45) is 4.99 Å². The van der Waals surface area contributed by atoms with E-state index in [-0.39, 0.29) is 30.8 Å². The summed E-state index contributed by atoms with van der Waals surface area (Å²) in [5, 5.41) is 6.49. The molecule has 0 bridgehead atoms. The highest BCUT2D eigenvalue weighted by Crippen LogP contribution is 2.35. The molecule has 2 N–H and O–H groups in total. The number of fused-ring (bicyclic) bond motifs is 1. The smallest absolute Gasteiger partial charge is 0.231 e. The lowest BCUT2D eigenvalue weighted by Crippen LogP contribution is -2.39. The van der Waals surface area contributed by atoms with E-state index in [1.165, 1.54) is 0 Å². The Kier molecular flexibility index (Phi) is 9.65. The second-order valence-electron chi connectivity index (χ2n) is 6.16. The molecule has 0 spiro atoms. The number of aliphatic imine (C=N–C) groups is 1. The number of nitrogens with one attached hydrogen (secondary N) is 2. The van der Waals surface area contributed by atoms with Crippen molar-refractivity contribution in [3.8, 4) is 28.7 Å². The molecule has 2 aromatic rings. The maximum Gasteiger partial charge on any atom is 0.231 e. The summed E-state index contributed by atoms with van der Waals surface area (Å²) < 4.78 is 27.1. The molecule has 1 heterocycles. The zero-order chi connectivity index (χ0) is 20.5. The summed E-state index contributed by atoms with van der Waals surface area (Å²) in [7, 11) is 3.27. The van der Waals surface area contributed by atoms with Crippen molar-refractivity contribution in [3.63, 3.8) is 0 Å². The van der Waals surface area contributed by atoms with Crippen LogP contribution in [0.2, 0.25) is 0 Å². The van der Waals surface area contributed by atoms with Crippen molar-refractivity contribution in [3.05, 3.63) is 42.0 Å². The molecule has 0 aromatic heterocycles. The van der Waals surface area contributed by atoms with E-state index in [1.54, 1.807) is 14.2 Å². The number of benzene rings is 2. The average molecular weight is 529 g/mol. The van der Waals surface area contributed by atoms with Gasteiger partial charge in [-0.05, 0) is 31.2 Å². The monoisotopic (exact) mass is 529 g/mol. The standard InChI is InChI=1S/C21H27N3O5.HI/c1-4-22-21(24-13-15-5-6-16(25-2)11-19(15)26-3)23-9-10-27-17-7-8-18-20(12-17)29-14-28-18;/h5-8,11-12H,4,9-10,13-14H2,1-3H3,(H2,22,23,24);1H. The van der Waals surface area contributed by atoms with Gasteiger partial charge in [-0.2, -0.15) is 0 Å². The number of hydrogen-bond donors (Lipinski definition) is 2. The molecular weight excluding hydrogens is 501 g/mol. The molecule has 164 valence electrons. The van der Waals surface area contributed by atoms with E-state index in [0.717, 1.165) is 35.1 Å². The lowest BCUT2D eigenvalue weighted by atomic mass is 10.2. The van der Waals surface area contributed by atoms with Gasteiger partial charge >= 0.3 is 0 Å². The van der Waals surface area contributed by atoms with Crippen molar-refractivity contribution >= 4 is 29.9 Å². The van der Waals surface area contributed by atoms with Gasteiger partial charge in [0, 0.05) is 24.2 Å². The van der Waals surface area contributed by atoms with Gasteiger partial charge < -0.3 is 34.3 Å². The van der Waals surface area contributed by atoms with E-state index in [0.29, 0.717) is 31.4 Å². The van der Waals surface area contributed by atoms with Crippen molar-refractivity contribution in [2.75, 3.05) is 40.7 Å². The van der Waals surface area contributed by atoms with E-state index in [2.05, 4.69) is 15.6 Å². The fraction of sp³-hybridized carbons (Fsp3) is 0.381. The van der Waals surface area contributed by atoms with Gasteiger partial charge in [-0.3, -0.25) is 0 Å². The fourth-order valence-corrected chi connectivity index (χ4v) is 2.79. The molecule has 9 heteroatoms. The van der Waals surface area contributed by atoms with Crippen molar-refractivity contribution < 1.29 is 23.7 Å². The molecule has 1 aliphatic heterocycles. The Hall–Kier alpha value is -2.56. The van der Waals surface area contributed by atoms with Gasteiger partial charge in [-0.1, -0.05) is 0 Å². The molecule has 0 unspecified atom stereocenters. The molecule has 2 aromatic carbocycles. The molecule has 0 aliphatic carbocycles. The Morgan fingerprint density at radius 2 is 1.80 bits per heavy atom. The first-order valence-electron chi connectivity index (χ1n) is 9.49. The molecule has 0 fully saturated rings. The Morgan fingerprint density at radius 3 is 2.57 bits per heavy atom. The van der Waals surface area contributed by atoms with Crippen molar-refractivity contribution in [2.45, 2.75) is 13.5 Å². The Balaban J connectivity index is 0.00000320. The maximum absolute atomic E-state index is 5.77. The topological polar surface area (TPSA) is 82.6 Å². The Morgan fingerprint density at radius 1 is 1.00 bits per heavy atom. The summed E-state index contributed by atoms with van der Waals surface area (Å²) in [6.07, 6.45) is 0. The van der Waals surface area contributed by atoms with Crippen LogP contribution in [0.15, 0.2) is 41.4 Å². The lowest BCUT2D eigenvalue weighted by Gasteiger charge is -2.13. The van der Waals surface area contributed by atoms with Crippen molar-refractivity contribution in [1.29, 1.82) is 0 Å². The quantitative estimate of drug-likeness (QED) is 0.224. The normalized spacial score (nSPS) is 12.0. The van der Waals surface area contributed by atoms with E-state index < -0.39 is 0 Å². The molecule has 8 nitrogen and oxygen atoms in total. The number of nitrogens with zero attached hydrogens (tertiary/aromatic N) is 1. The summed E-state index contributed by atoms with van der Waals surface area (Å²) in [6, 6.07) is 11.2. The highest BCUT2D eigenvalue weighted by Gasteiger charge is 2.13. The first-order chi connectivity index (χ1) is 14.2. The molecule has 0 atom stereocenters. The largest absolute Gasteiger partial charge is 0.497 e. The predicted octanol–water partition coefficient (Wildman–Crippen LogP) is 3.18. The van der Waals surface area contributed by atoms with Crippen LogP contribution >= 0.6 is 24.0 Å². The molecule has 1 aliphatic rings. The molecule has 0 radical (unpaired) electrons. The van der Waals surface area contributed by atoms with Crippen molar-refractivity contribution in [1.82, 2.24) is 10.6 Å². The van der Waals surface area contributed by atoms with Crippen LogP contribution in [-0.4, -0.2) is 46.7 Å². The van der Waals surface area contributed by atoms with Crippen LogP contribution in [0.4, 0.5) is 0 Å². The summed E-state index contributed by atoms with van der Waals surface area (Å²) >= 11 is 0. The second-order valence-corrected chi connectivity index (χ2v) is 6.16. The number of rotatable bonds is 9. The third-order valence-electron chi connectivity index (χ3n) is 4.25. The Labute approximate surface area is 193 Å². The molecule has 30 heavy (non-hydrogen) atoms. The first-order valence-corrected chi connectivity index (χ1v) is 9.49. The predicted molar refractivity (Wildman–Crippen MR) is 126 cm³/mol. The summed E-state index contributed by atoms with van der Waals surface area (Å²) in [6.45, 7) is 4.59. The van der Waals surface area contributed by atoms with E-state index in [1.807, 2.05) is 43.3 Å². The molecular formula is C21H28IN3O5.